The zero-order valence-corrected chi connectivity index (χ0v) is 17.8. The summed E-state index contributed by atoms with van der Waals surface area (Å²) in [5.41, 5.74) is 2.05. The van der Waals surface area contributed by atoms with Crippen molar-refractivity contribution in [2.24, 2.45) is 4.99 Å². The molecule has 0 unspecified atom stereocenters. The molecule has 152 valence electrons. The molecule has 1 aliphatic heterocycles. The Morgan fingerprint density at radius 3 is 2.61 bits per heavy atom. The molecule has 0 amide bonds. The van der Waals surface area contributed by atoms with Crippen LogP contribution in [0.15, 0.2) is 23.2 Å². The monoisotopic (exact) mass is 405 g/mol. The van der Waals surface area contributed by atoms with E-state index in [1.165, 1.54) is 12.0 Å². The first-order chi connectivity index (χ1) is 13.5. The maximum absolute atomic E-state index is 13.9. The molecule has 8 heteroatoms. The van der Waals surface area contributed by atoms with Crippen LogP contribution >= 0.6 is 11.3 Å². The molecular weight excluding hydrogens is 377 g/mol. The van der Waals surface area contributed by atoms with Gasteiger partial charge in [-0.15, -0.1) is 11.3 Å². The van der Waals surface area contributed by atoms with Crippen LogP contribution in [0.5, 0.6) is 5.75 Å². The Kier molecular flexibility index (Phi) is 6.85. The lowest BCUT2D eigenvalue weighted by atomic mass is 10.2. The minimum absolute atomic E-state index is 0.287. The van der Waals surface area contributed by atoms with Crippen molar-refractivity contribution < 1.29 is 9.13 Å². The van der Waals surface area contributed by atoms with Gasteiger partial charge < -0.3 is 15.0 Å². The zero-order valence-electron chi connectivity index (χ0n) is 17.0. The van der Waals surface area contributed by atoms with E-state index in [4.69, 9.17) is 4.74 Å². The number of halogens is 1. The highest BCUT2D eigenvalue weighted by Crippen LogP contribution is 2.19. The summed E-state index contributed by atoms with van der Waals surface area (Å²) in [6.07, 6.45) is 0. The van der Waals surface area contributed by atoms with Crippen molar-refractivity contribution in [2.75, 3.05) is 40.3 Å². The topological polar surface area (TPSA) is 53.0 Å². The number of nitrogens with zero attached hydrogens (tertiary/aromatic N) is 4. The van der Waals surface area contributed by atoms with E-state index in [-0.39, 0.29) is 11.6 Å². The van der Waals surface area contributed by atoms with E-state index in [2.05, 4.69) is 25.1 Å². The Bertz CT molecular complexity index is 830. The highest BCUT2D eigenvalue weighted by atomic mass is 32.1. The summed E-state index contributed by atoms with van der Waals surface area (Å²) >= 11 is 1.72. The van der Waals surface area contributed by atoms with Crippen molar-refractivity contribution in [2.45, 2.75) is 26.9 Å². The third-order valence-corrected chi connectivity index (χ3v) is 5.99. The van der Waals surface area contributed by atoms with Gasteiger partial charge in [-0.3, -0.25) is 9.89 Å². The number of methoxy groups -OCH3 is 1. The second kappa shape index (κ2) is 9.34. The number of aryl methyl sites for hydroxylation is 2. The van der Waals surface area contributed by atoms with Gasteiger partial charge in [-0.25, -0.2) is 9.37 Å². The third kappa shape index (κ3) is 4.99. The molecule has 1 aromatic heterocycles. The van der Waals surface area contributed by atoms with Gasteiger partial charge in [0.25, 0.3) is 0 Å². The number of thiazole rings is 1. The molecule has 28 heavy (non-hydrogen) atoms. The molecule has 0 aliphatic carbocycles. The number of rotatable bonds is 5. The minimum atomic E-state index is -0.308. The molecule has 1 N–H and O–H groups in total. The van der Waals surface area contributed by atoms with Crippen molar-refractivity contribution in [1.82, 2.24) is 20.1 Å². The quantitative estimate of drug-likeness (QED) is 0.612. The van der Waals surface area contributed by atoms with Crippen molar-refractivity contribution >= 4 is 17.3 Å². The average molecular weight is 406 g/mol. The van der Waals surface area contributed by atoms with Gasteiger partial charge in [0.05, 0.1) is 24.4 Å². The summed E-state index contributed by atoms with van der Waals surface area (Å²) in [5.74, 6) is 0.896. The van der Waals surface area contributed by atoms with Gasteiger partial charge in [-0.1, -0.05) is 6.07 Å². The summed E-state index contributed by atoms with van der Waals surface area (Å²) < 4.78 is 18.9. The van der Waals surface area contributed by atoms with E-state index in [0.29, 0.717) is 0 Å². The smallest absolute Gasteiger partial charge is 0.194 e. The predicted octanol–water partition coefficient (Wildman–Crippen LogP) is 2.80. The zero-order chi connectivity index (χ0) is 20.1. The highest BCUT2D eigenvalue weighted by molar-refractivity contribution is 7.11. The fourth-order valence-corrected chi connectivity index (χ4v) is 4.29. The Hall–Kier alpha value is -2.19. The van der Waals surface area contributed by atoms with Crippen LogP contribution in [0.25, 0.3) is 0 Å². The van der Waals surface area contributed by atoms with E-state index in [1.54, 1.807) is 23.5 Å². The minimum Gasteiger partial charge on any atom is -0.494 e. The summed E-state index contributed by atoms with van der Waals surface area (Å²) in [4.78, 5) is 14.8. The molecule has 0 atom stereocenters. The molecule has 0 spiro atoms. The molecular formula is C20H28FN5OS. The van der Waals surface area contributed by atoms with Gasteiger partial charge in [0.2, 0.25) is 0 Å². The Labute approximate surface area is 170 Å². The SMILES string of the molecule is CN=C(NCc1sc(C)nc1C)N1CCN(Cc2ccc(OC)c(F)c2)CC1. The average Bonchev–Trinajstić information content (AvgIpc) is 3.01. The van der Waals surface area contributed by atoms with Crippen molar-refractivity contribution in [3.8, 4) is 5.75 Å². The van der Waals surface area contributed by atoms with Gasteiger partial charge in [-0.05, 0) is 31.5 Å². The van der Waals surface area contributed by atoms with Gasteiger partial charge in [0.15, 0.2) is 17.5 Å². The van der Waals surface area contributed by atoms with Gasteiger partial charge in [0, 0.05) is 44.6 Å². The van der Waals surface area contributed by atoms with Crippen molar-refractivity contribution in [1.29, 1.82) is 0 Å². The van der Waals surface area contributed by atoms with Crippen LogP contribution in [0.1, 0.15) is 21.1 Å². The first-order valence-electron chi connectivity index (χ1n) is 9.43. The van der Waals surface area contributed by atoms with Crippen LogP contribution in [-0.2, 0) is 13.1 Å². The third-order valence-electron chi connectivity index (χ3n) is 4.91. The van der Waals surface area contributed by atoms with E-state index >= 15 is 0 Å². The number of guanidine groups is 1. The molecule has 1 aliphatic rings. The van der Waals surface area contributed by atoms with Crippen molar-refractivity contribution in [3.05, 3.63) is 45.2 Å². The number of ether oxygens (including phenoxy) is 1. The van der Waals surface area contributed by atoms with Crippen LogP contribution in [0.4, 0.5) is 4.39 Å². The molecule has 2 heterocycles. The van der Waals surface area contributed by atoms with Crippen LogP contribution in [0.3, 0.4) is 0 Å². The number of nitrogens with one attached hydrogen (secondary N) is 1. The fraction of sp³-hybridized carbons (Fsp3) is 0.500. The van der Waals surface area contributed by atoms with Crippen LogP contribution < -0.4 is 10.1 Å². The highest BCUT2D eigenvalue weighted by Gasteiger charge is 2.20. The first kappa shape index (κ1) is 20.5. The molecule has 1 saturated heterocycles. The van der Waals surface area contributed by atoms with Gasteiger partial charge >= 0.3 is 0 Å². The first-order valence-corrected chi connectivity index (χ1v) is 10.2. The molecule has 6 nitrogen and oxygen atoms in total. The Morgan fingerprint density at radius 1 is 1.29 bits per heavy atom. The van der Waals surface area contributed by atoms with E-state index in [9.17, 15) is 4.39 Å². The fourth-order valence-electron chi connectivity index (χ4n) is 3.41. The van der Waals surface area contributed by atoms with Crippen molar-refractivity contribution in [3.63, 3.8) is 0 Å². The normalized spacial score (nSPS) is 15.8. The molecule has 2 aromatic rings. The second-order valence-electron chi connectivity index (χ2n) is 6.87. The standard InChI is InChI=1S/C20H28FN5OS/c1-14-19(28-15(2)24-14)12-23-20(22-3)26-9-7-25(8-10-26)13-16-5-6-18(27-4)17(21)11-16/h5-6,11H,7-10,12-13H2,1-4H3,(H,22,23). The molecule has 0 radical (unpaired) electrons. The van der Waals surface area contributed by atoms with E-state index in [0.717, 1.165) is 61.5 Å². The number of aliphatic imine (C=N–C) groups is 1. The van der Waals surface area contributed by atoms with Crippen LogP contribution in [0.2, 0.25) is 0 Å². The maximum atomic E-state index is 13.9. The maximum Gasteiger partial charge on any atom is 0.194 e. The lowest BCUT2D eigenvalue weighted by molar-refractivity contribution is 0.172. The lowest BCUT2D eigenvalue weighted by Crippen LogP contribution is -2.52. The molecule has 3 rings (SSSR count). The molecule has 0 bridgehead atoms. The molecule has 1 aromatic carbocycles. The van der Waals surface area contributed by atoms with E-state index in [1.807, 2.05) is 27.0 Å². The number of benzene rings is 1. The summed E-state index contributed by atoms with van der Waals surface area (Å²) in [7, 11) is 3.30. The summed E-state index contributed by atoms with van der Waals surface area (Å²) in [5, 5.41) is 4.55. The van der Waals surface area contributed by atoms with Gasteiger partial charge in [-0.2, -0.15) is 0 Å². The van der Waals surface area contributed by atoms with E-state index < -0.39 is 0 Å². The Balaban J connectivity index is 1.50. The lowest BCUT2D eigenvalue weighted by Gasteiger charge is -2.36. The number of hydrogen-bond donors (Lipinski definition) is 1. The molecule has 0 saturated carbocycles. The van der Waals surface area contributed by atoms with Crippen LogP contribution in [0, 0.1) is 19.7 Å². The summed E-state index contributed by atoms with van der Waals surface area (Å²) in [6, 6.07) is 5.18. The van der Waals surface area contributed by atoms with Crippen LogP contribution in [-0.4, -0.2) is 61.1 Å². The number of piperazine rings is 1. The predicted molar refractivity (Wildman–Crippen MR) is 112 cm³/mol. The summed E-state index contributed by atoms with van der Waals surface area (Å²) in [6.45, 7) is 9.15. The largest absolute Gasteiger partial charge is 0.494 e. The number of aromatic nitrogens is 1. The number of hydrogen-bond acceptors (Lipinski definition) is 5. The second-order valence-corrected chi connectivity index (χ2v) is 8.16. The Morgan fingerprint density at radius 2 is 2.04 bits per heavy atom. The molecule has 1 fully saturated rings. The van der Waals surface area contributed by atoms with Gasteiger partial charge in [0.1, 0.15) is 0 Å².